The average Bonchev–Trinajstić information content (AvgIpc) is 2.83. The van der Waals surface area contributed by atoms with Crippen LogP contribution < -0.4 is 10.1 Å². The Balaban J connectivity index is 1.13. The number of carbonyl (C=O) groups is 1. The van der Waals surface area contributed by atoms with Crippen LogP contribution in [0.15, 0.2) is 36.4 Å². The summed E-state index contributed by atoms with van der Waals surface area (Å²) in [5.74, 6) is -2.81. The lowest BCUT2D eigenvalue weighted by Gasteiger charge is -2.34. The molecule has 1 saturated carbocycles. The van der Waals surface area contributed by atoms with Gasteiger partial charge in [0.05, 0.1) is 0 Å². The van der Waals surface area contributed by atoms with Crippen LogP contribution in [0.5, 0.6) is 5.75 Å². The molecule has 0 radical (unpaired) electrons. The van der Waals surface area contributed by atoms with Crippen molar-refractivity contribution in [1.29, 1.82) is 0 Å². The van der Waals surface area contributed by atoms with Gasteiger partial charge in [0.1, 0.15) is 6.10 Å². The minimum absolute atomic E-state index is 0.0477. The summed E-state index contributed by atoms with van der Waals surface area (Å²) in [4.78, 5) is 14.8. The molecule has 0 aromatic heterocycles. The summed E-state index contributed by atoms with van der Waals surface area (Å²) in [6, 6.07) is 8.46. The maximum atomic E-state index is 13.8. The van der Waals surface area contributed by atoms with E-state index >= 15 is 0 Å². The van der Waals surface area contributed by atoms with Gasteiger partial charge >= 0.3 is 0 Å². The molecule has 2 fully saturated rings. The lowest BCUT2D eigenvalue weighted by molar-refractivity contribution is 0.0884. The zero-order valence-corrected chi connectivity index (χ0v) is 19.8. The molecule has 1 amide bonds. The maximum absolute atomic E-state index is 13.8. The van der Waals surface area contributed by atoms with Gasteiger partial charge in [-0.2, -0.15) is 0 Å². The van der Waals surface area contributed by atoms with Crippen LogP contribution in [0.2, 0.25) is 5.02 Å². The van der Waals surface area contributed by atoms with Gasteiger partial charge in [-0.1, -0.05) is 11.6 Å². The predicted molar refractivity (Wildman–Crippen MR) is 126 cm³/mol. The van der Waals surface area contributed by atoms with Gasteiger partial charge in [-0.15, -0.1) is 0 Å². The number of nitrogens with one attached hydrogen (secondary N) is 1. The second kappa shape index (κ2) is 11.5. The molecule has 2 aromatic rings. The first-order chi connectivity index (χ1) is 16.4. The van der Waals surface area contributed by atoms with Gasteiger partial charge in [0.2, 0.25) is 0 Å². The van der Waals surface area contributed by atoms with Crippen molar-refractivity contribution in [1.82, 2.24) is 10.2 Å². The summed E-state index contributed by atoms with van der Waals surface area (Å²) in [6.45, 7) is 2.67. The van der Waals surface area contributed by atoms with Crippen molar-refractivity contribution in [2.45, 2.75) is 57.1 Å². The molecule has 1 saturated heterocycles. The summed E-state index contributed by atoms with van der Waals surface area (Å²) >= 11 is 5.89. The van der Waals surface area contributed by atoms with Crippen LogP contribution in [0.3, 0.4) is 0 Å². The van der Waals surface area contributed by atoms with Gasteiger partial charge in [-0.05, 0) is 81.7 Å². The number of piperidine rings is 1. The normalized spacial score (nSPS) is 21.9. The average molecular weight is 495 g/mol. The van der Waals surface area contributed by atoms with E-state index < -0.39 is 17.5 Å². The number of likely N-dealkylation sites (tertiary alicyclic amines) is 1. The van der Waals surface area contributed by atoms with Gasteiger partial charge < -0.3 is 15.0 Å². The highest BCUT2D eigenvalue weighted by atomic mass is 35.5. The lowest BCUT2D eigenvalue weighted by Crippen LogP contribution is -2.40. The second-order valence-electron chi connectivity index (χ2n) is 9.34. The molecule has 1 aliphatic heterocycles. The van der Waals surface area contributed by atoms with Crippen molar-refractivity contribution in [3.63, 3.8) is 0 Å². The Bertz CT molecular complexity index is 973. The summed E-state index contributed by atoms with van der Waals surface area (Å²) < 4.78 is 45.9. The third kappa shape index (κ3) is 6.66. The van der Waals surface area contributed by atoms with Gasteiger partial charge in [-0.25, -0.2) is 13.2 Å². The van der Waals surface area contributed by atoms with Crippen LogP contribution in [-0.4, -0.2) is 42.6 Å². The number of hydrogen-bond donors (Lipinski definition) is 1. The summed E-state index contributed by atoms with van der Waals surface area (Å²) in [5, 5.41) is 3.76. The molecule has 1 N–H and O–H groups in total. The van der Waals surface area contributed by atoms with Crippen LogP contribution in [0.1, 0.15) is 55.3 Å². The van der Waals surface area contributed by atoms with E-state index in [1.165, 1.54) is 0 Å². The van der Waals surface area contributed by atoms with Crippen molar-refractivity contribution in [3.05, 3.63) is 64.4 Å². The number of carbonyl (C=O) groups excluding carboxylic acids is 1. The number of ether oxygens (including phenoxy) is 1. The first-order valence-electron chi connectivity index (χ1n) is 12.0. The van der Waals surface area contributed by atoms with E-state index in [9.17, 15) is 18.0 Å². The predicted octanol–water partition coefficient (Wildman–Crippen LogP) is 5.98. The fraction of sp³-hybridized carbons (Fsp3) is 0.500. The van der Waals surface area contributed by atoms with Crippen molar-refractivity contribution in [2.75, 3.05) is 19.6 Å². The number of hydrogen-bond acceptors (Lipinski definition) is 3. The monoisotopic (exact) mass is 494 g/mol. The van der Waals surface area contributed by atoms with Crippen molar-refractivity contribution < 1.29 is 22.7 Å². The fourth-order valence-electron chi connectivity index (χ4n) is 4.86. The minimum atomic E-state index is -1.21. The number of rotatable bonds is 7. The number of nitrogens with zero attached hydrogens (tertiary/aromatic N) is 1. The number of benzene rings is 2. The van der Waals surface area contributed by atoms with Crippen molar-refractivity contribution >= 4 is 17.5 Å². The fourth-order valence-corrected chi connectivity index (χ4v) is 4.98. The first kappa shape index (κ1) is 24.9. The van der Waals surface area contributed by atoms with Gasteiger partial charge in [0, 0.05) is 41.9 Å². The highest BCUT2D eigenvalue weighted by Crippen LogP contribution is 2.29. The molecule has 2 aliphatic rings. The Kier molecular flexibility index (Phi) is 8.37. The molecule has 0 spiro atoms. The van der Waals surface area contributed by atoms with Gasteiger partial charge in [-0.3, -0.25) is 4.79 Å². The molecule has 0 bridgehead atoms. The third-order valence-corrected chi connectivity index (χ3v) is 7.20. The van der Waals surface area contributed by atoms with Crippen LogP contribution in [0.4, 0.5) is 13.2 Å². The largest absolute Gasteiger partial charge is 0.487 e. The zero-order valence-electron chi connectivity index (χ0n) is 19.0. The molecule has 34 heavy (non-hydrogen) atoms. The summed E-state index contributed by atoms with van der Waals surface area (Å²) in [7, 11) is 0. The maximum Gasteiger partial charge on any atom is 0.251 e. The van der Waals surface area contributed by atoms with Crippen LogP contribution in [0, 0.1) is 23.4 Å². The van der Waals surface area contributed by atoms with E-state index in [4.69, 9.17) is 16.3 Å². The standard InChI is InChI=1S/C26H30ClF3N2O2/c27-19-5-3-18(4-6-19)26(33)31-20-7-1-17(2-8-20)9-12-32-13-10-21(11-14-32)34-25-16-23(29)22(28)15-24(25)30/h3-6,15-17,20-21H,1-2,7-14H2,(H,31,33). The third-order valence-electron chi connectivity index (χ3n) is 6.95. The molecule has 4 rings (SSSR count). The molecule has 184 valence electrons. The van der Waals surface area contributed by atoms with Crippen LogP contribution >= 0.6 is 11.6 Å². The molecule has 1 heterocycles. The quantitative estimate of drug-likeness (QED) is 0.481. The Morgan fingerprint density at radius 3 is 2.26 bits per heavy atom. The van der Waals surface area contributed by atoms with Gasteiger partial charge in [0.15, 0.2) is 23.2 Å². The highest BCUT2D eigenvalue weighted by molar-refractivity contribution is 6.30. The molecule has 0 unspecified atom stereocenters. The molecule has 0 atom stereocenters. The van der Waals surface area contributed by atoms with E-state index in [1.807, 2.05) is 0 Å². The Hall–Kier alpha value is -2.25. The first-order valence-corrected chi connectivity index (χ1v) is 12.3. The van der Waals surface area contributed by atoms with E-state index in [0.29, 0.717) is 22.6 Å². The summed E-state index contributed by atoms with van der Waals surface area (Å²) in [5.41, 5.74) is 0.631. The Labute approximate surface area is 203 Å². The topological polar surface area (TPSA) is 41.6 Å². The molecule has 8 heteroatoms. The number of halogens is 4. The molecule has 1 aliphatic carbocycles. The molecular weight excluding hydrogens is 465 g/mol. The minimum Gasteiger partial charge on any atom is -0.487 e. The Morgan fingerprint density at radius 2 is 1.59 bits per heavy atom. The highest BCUT2D eigenvalue weighted by Gasteiger charge is 2.26. The van der Waals surface area contributed by atoms with Crippen molar-refractivity contribution in [3.8, 4) is 5.75 Å². The molecular formula is C26H30ClF3N2O2. The van der Waals surface area contributed by atoms with Gasteiger partial charge in [0.25, 0.3) is 5.91 Å². The number of amides is 1. The van der Waals surface area contributed by atoms with Crippen LogP contribution in [-0.2, 0) is 0 Å². The van der Waals surface area contributed by atoms with Crippen molar-refractivity contribution in [2.24, 2.45) is 5.92 Å². The Morgan fingerprint density at radius 1 is 0.941 bits per heavy atom. The second-order valence-corrected chi connectivity index (χ2v) is 9.78. The van der Waals surface area contributed by atoms with Crippen LogP contribution in [0.25, 0.3) is 0 Å². The lowest BCUT2D eigenvalue weighted by atomic mass is 9.84. The molecule has 4 nitrogen and oxygen atoms in total. The SMILES string of the molecule is O=C(NC1CCC(CCN2CCC(Oc3cc(F)c(F)cc3F)CC2)CC1)c1ccc(Cl)cc1. The smallest absolute Gasteiger partial charge is 0.251 e. The van der Waals surface area contributed by atoms with E-state index in [-0.39, 0.29) is 23.8 Å². The van der Waals surface area contributed by atoms with E-state index in [2.05, 4.69) is 10.2 Å². The zero-order chi connectivity index (χ0) is 24.1. The molecule has 2 aromatic carbocycles. The van der Waals surface area contributed by atoms with E-state index in [1.54, 1.807) is 24.3 Å². The summed E-state index contributed by atoms with van der Waals surface area (Å²) in [6.07, 6.45) is 6.53. The van der Waals surface area contributed by atoms with E-state index in [0.717, 1.165) is 70.6 Å².